The normalized spacial score (nSPS) is 23.6. The fourth-order valence-corrected chi connectivity index (χ4v) is 5.91. The van der Waals surface area contributed by atoms with Crippen molar-refractivity contribution in [3.8, 4) is 0 Å². The van der Waals surface area contributed by atoms with E-state index in [0.29, 0.717) is 18.9 Å². The molecule has 2 aliphatic heterocycles. The highest BCUT2D eigenvalue weighted by Gasteiger charge is 2.55. The Bertz CT molecular complexity index is 1020. The van der Waals surface area contributed by atoms with E-state index in [0.717, 1.165) is 54.9 Å². The fraction of sp³-hybridized carbons (Fsp3) is 0.458. The number of carbonyl (C=O) groups is 3. The van der Waals surface area contributed by atoms with E-state index in [1.807, 2.05) is 24.3 Å². The third-order valence-corrected chi connectivity index (χ3v) is 7.84. The molecule has 0 radical (unpaired) electrons. The molecule has 1 aliphatic carbocycles. The van der Waals surface area contributed by atoms with E-state index in [2.05, 4.69) is 33.0 Å². The minimum atomic E-state index is -1.01. The highest BCUT2D eigenvalue weighted by atomic mass is 32.1. The van der Waals surface area contributed by atoms with Crippen molar-refractivity contribution < 1.29 is 14.4 Å². The number of hydrogen-bond acceptors (Lipinski definition) is 5. The number of nitrogens with zero attached hydrogens (tertiary/aromatic N) is 2. The van der Waals surface area contributed by atoms with Crippen LogP contribution in [0.15, 0.2) is 41.8 Å². The molecule has 1 aromatic carbocycles. The molecule has 2 fully saturated rings. The van der Waals surface area contributed by atoms with Crippen LogP contribution < -0.4 is 10.6 Å². The second-order valence-electron chi connectivity index (χ2n) is 8.99. The van der Waals surface area contributed by atoms with Crippen LogP contribution in [0.3, 0.4) is 0 Å². The number of urea groups is 1. The standard InChI is InChI=1S/C24H28N4O3S/c29-21(25-14-17-8-11-27(12-9-17)15-19-5-3-13-32-19)16-28-22(30)24(26-23(28)31)10-7-18-4-1-2-6-20(18)24/h1-6,13,17H,7-12,14-16H2,(H,25,29)(H,26,31). The number of thiophene rings is 1. The van der Waals surface area contributed by atoms with Crippen molar-refractivity contribution in [2.45, 2.75) is 37.8 Å². The van der Waals surface area contributed by atoms with Crippen LogP contribution in [-0.4, -0.2) is 53.8 Å². The number of amides is 4. The molecule has 1 unspecified atom stereocenters. The average molecular weight is 453 g/mol. The van der Waals surface area contributed by atoms with Gasteiger partial charge in [-0.3, -0.25) is 19.4 Å². The molecule has 4 amide bonds. The first-order valence-corrected chi connectivity index (χ1v) is 12.2. The molecular formula is C24H28N4O3S. The van der Waals surface area contributed by atoms with E-state index in [-0.39, 0.29) is 18.4 Å². The second-order valence-corrected chi connectivity index (χ2v) is 10.0. The number of imide groups is 1. The molecule has 1 atom stereocenters. The number of aryl methyl sites for hydroxylation is 1. The van der Waals surface area contributed by atoms with Gasteiger partial charge < -0.3 is 10.6 Å². The minimum absolute atomic E-state index is 0.230. The number of carbonyl (C=O) groups excluding carboxylic acids is 3. The quantitative estimate of drug-likeness (QED) is 0.660. The van der Waals surface area contributed by atoms with E-state index >= 15 is 0 Å². The largest absolute Gasteiger partial charge is 0.354 e. The van der Waals surface area contributed by atoms with Gasteiger partial charge in [-0.1, -0.05) is 30.3 Å². The van der Waals surface area contributed by atoms with Gasteiger partial charge in [0.2, 0.25) is 5.91 Å². The lowest BCUT2D eigenvalue weighted by molar-refractivity contribution is -0.135. The predicted octanol–water partition coefficient (Wildman–Crippen LogP) is 2.47. The van der Waals surface area contributed by atoms with Gasteiger partial charge in [-0.05, 0) is 67.3 Å². The summed E-state index contributed by atoms with van der Waals surface area (Å²) in [5.41, 5.74) is 0.928. The number of fused-ring (bicyclic) bond motifs is 2. The Morgan fingerprint density at radius 3 is 2.75 bits per heavy atom. The van der Waals surface area contributed by atoms with Crippen LogP contribution >= 0.6 is 11.3 Å². The smallest absolute Gasteiger partial charge is 0.325 e. The maximum Gasteiger partial charge on any atom is 0.325 e. The molecule has 2 aromatic rings. The van der Waals surface area contributed by atoms with Crippen molar-refractivity contribution >= 4 is 29.2 Å². The summed E-state index contributed by atoms with van der Waals surface area (Å²) < 4.78 is 0. The van der Waals surface area contributed by atoms with Crippen LogP contribution in [0, 0.1) is 5.92 Å². The maximum absolute atomic E-state index is 13.2. The Hall–Kier alpha value is -2.71. The number of rotatable bonds is 6. The first-order chi connectivity index (χ1) is 15.5. The molecule has 2 saturated heterocycles. The summed E-state index contributed by atoms with van der Waals surface area (Å²) in [7, 11) is 0. The van der Waals surface area contributed by atoms with E-state index in [4.69, 9.17) is 0 Å². The second kappa shape index (κ2) is 8.67. The summed E-state index contributed by atoms with van der Waals surface area (Å²) in [6.45, 7) is 3.39. The summed E-state index contributed by atoms with van der Waals surface area (Å²) in [6.07, 6.45) is 3.36. The maximum atomic E-state index is 13.2. The zero-order chi connectivity index (χ0) is 22.1. The molecule has 2 N–H and O–H groups in total. The Morgan fingerprint density at radius 1 is 1.16 bits per heavy atom. The van der Waals surface area contributed by atoms with Gasteiger partial charge in [0.05, 0.1) is 0 Å². The molecule has 168 valence electrons. The van der Waals surface area contributed by atoms with Gasteiger partial charge in [-0.15, -0.1) is 11.3 Å². The molecule has 0 saturated carbocycles. The number of hydrogen-bond donors (Lipinski definition) is 2. The highest BCUT2D eigenvalue weighted by molar-refractivity contribution is 7.09. The Balaban J connectivity index is 1.11. The monoisotopic (exact) mass is 452 g/mol. The third kappa shape index (κ3) is 3.93. The molecular weight excluding hydrogens is 424 g/mol. The lowest BCUT2D eigenvalue weighted by Crippen LogP contribution is -2.45. The fourth-order valence-electron chi connectivity index (χ4n) is 5.16. The summed E-state index contributed by atoms with van der Waals surface area (Å²) in [6, 6.07) is 11.5. The first kappa shape index (κ1) is 21.2. The van der Waals surface area contributed by atoms with Gasteiger partial charge in [0.25, 0.3) is 5.91 Å². The van der Waals surface area contributed by atoms with Crippen LogP contribution in [0.25, 0.3) is 0 Å². The SMILES string of the molecule is O=C(CN1C(=O)NC2(CCc3ccccc32)C1=O)NCC1CCN(Cc2cccs2)CC1. The Morgan fingerprint density at radius 2 is 1.97 bits per heavy atom. The van der Waals surface area contributed by atoms with Gasteiger partial charge in [-0.25, -0.2) is 4.79 Å². The predicted molar refractivity (Wildman–Crippen MR) is 122 cm³/mol. The molecule has 3 aliphatic rings. The van der Waals surface area contributed by atoms with Gasteiger partial charge >= 0.3 is 6.03 Å². The third-order valence-electron chi connectivity index (χ3n) is 6.98. The van der Waals surface area contributed by atoms with Crippen LogP contribution in [-0.2, 0) is 28.1 Å². The molecule has 1 aromatic heterocycles. The lowest BCUT2D eigenvalue weighted by atomic mass is 9.92. The zero-order valence-electron chi connectivity index (χ0n) is 18.0. The number of nitrogens with one attached hydrogen (secondary N) is 2. The van der Waals surface area contributed by atoms with Crippen molar-refractivity contribution in [2.75, 3.05) is 26.2 Å². The van der Waals surface area contributed by atoms with Crippen molar-refractivity contribution in [3.05, 3.63) is 57.8 Å². The van der Waals surface area contributed by atoms with Crippen molar-refractivity contribution in [1.82, 2.24) is 20.4 Å². The number of piperidine rings is 1. The summed E-state index contributed by atoms with van der Waals surface area (Å²) in [4.78, 5) is 43.2. The van der Waals surface area contributed by atoms with Gasteiger partial charge in [0.1, 0.15) is 12.1 Å². The first-order valence-electron chi connectivity index (χ1n) is 11.3. The van der Waals surface area contributed by atoms with E-state index in [1.165, 1.54) is 4.88 Å². The van der Waals surface area contributed by atoms with Crippen LogP contribution in [0.2, 0.25) is 0 Å². The van der Waals surface area contributed by atoms with E-state index < -0.39 is 11.6 Å². The minimum Gasteiger partial charge on any atom is -0.354 e. The summed E-state index contributed by atoms with van der Waals surface area (Å²) >= 11 is 1.79. The molecule has 0 bridgehead atoms. The van der Waals surface area contributed by atoms with Crippen molar-refractivity contribution in [3.63, 3.8) is 0 Å². The van der Waals surface area contributed by atoms with E-state index in [1.54, 1.807) is 11.3 Å². The molecule has 5 rings (SSSR count). The molecule has 8 heteroatoms. The highest BCUT2D eigenvalue weighted by Crippen LogP contribution is 2.41. The molecule has 1 spiro atoms. The zero-order valence-corrected chi connectivity index (χ0v) is 18.8. The van der Waals surface area contributed by atoms with Gasteiger partial charge in [-0.2, -0.15) is 0 Å². The number of likely N-dealkylation sites (tertiary alicyclic amines) is 1. The topological polar surface area (TPSA) is 81.8 Å². The summed E-state index contributed by atoms with van der Waals surface area (Å²) in [5.74, 6) is -0.169. The molecule has 3 heterocycles. The van der Waals surface area contributed by atoms with Crippen molar-refractivity contribution in [2.24, 2.45) is 5.92 Å². The average Bonchev–Trinajstić information content (AvgIpc) is 3.50. The Labute approximate surface area is 191 Å². The van der Waals surface area contributed by atoms with Gasteiger partial charge in [0.15, 0.2) is 0 Å². The molecule has 32 heavy (non-hydrogen) atoms. The molecule has 7 nitrogen and oxygen atoms in total. The van der Waals surface area contributed by atoms with Crippen LogP contribution in [0.1, 0.15) is 35.3 Å². The summed E-state index contributed by atoms with van der Waals surface area (Å²) in [5, 5.41) is 7.93. The van der Waals surface area contributed by atoms with Gasteiger partial charge in [0, 0.05) is 18.0 Å². The van der Waals surface area contributed by atoms with Crippen molar-refractivity contribution in [1.29, 1.82) is 0 Å². The lowest BCUT2D eigenvalue weighted by Gasteiger charge is -2.31. The van der Waals surface area contributed by atoms with E-state index in [9.17, 15) is 14.4 Å². The van der Waals surface area contributed by atoms with Crippen LogP contribution in [0.4, 0.5) is 4.79 Å². The van der Waals surface area contributed by atoms with Crippen LogP contribution in [0.5, 0.6) is 0 Å². The Kier molecular flexibility index (Phi) is 5.73. The number of benzene rings is 1.